The van der Waals surface area contributed by atoms with Crippen LogP contribution in [0.4, 0.5) is 0 Å². The molecular weight excluding hydrogens is 246 g/mol. The fourth-order valence-corrected chi connectivity index (χ4v) is 4.07. The van der Waals surface area contributed by atoms with Crippen molar-refractivity contribution in [3.8, 4) is 0 Å². The van der Waals surface area contributed by atoms with Gasteiger partial charge >= 0.3 is 0 Å². The molecule has 2 saturated carbocycles. The third-order valence-electron chi connectivity index (χ3n) is 4.64. The Balaban J connectivity index is 1.89. The maximum Gasteiger partial charge on any atom is 0.152 e. The molecule has 4 heteroatoms. The molecule has 0 aromatic rings. The van der Waals surface area contributed by atoms with Crippen molar-refractivity contribution in [2.75, 3.05) is 12.3 Å². The predicted octanol–water partition coefficient (Wildman–Crippen LogP) is 2.51. The van der Waals surface area contributed by atoms with Crippen LogP contribution in [0.5, 0.6) is 0 Å². The highest BCUT2D eigenvalue weighted by molar-refractivity contribution is 7.91. The van der Waals surface area contributed by atoms with E-state index in [2.05, 4.69) is 5.32 Å². The zero-order valence-corrected chi connectivity index (χ0v) is 12.6. The number of hydrogen-bond donors (Lipinski definition) is 1. The lowest BCUT2D eigenvalue weighted by Crippen LogP contribution is -2.35. The monoisotopic (exact) mass is 273 g/mol. The van der Waals surface area contributed by atoms with Gasteiger partial charge in [-0.15, -0.1) is 0 Å². The Hall–Kier alpha value is -0.0900. The summed E-state index contributed by atoms with van der Waals surface area (Å²) >= 11 is 0. The van der Waals surface area contributed by atoms with Gasteiger partial charge in [0.1, 0.15) is 0 Å². The van der Waals surface area contributed by atoms with Crippen LogP contribution in [-0.2, 0) is 9.84 Å². The molecule has 2 aliphatic carbocycles. The van der Waals surface area contributed by atoms with Crippen LogP contribution in [0, 0.1) is 5.41 Å². The molecule has 0 radical (unpaired) electrons. The number of sulfone groups is 1. The third kappa shape index (κ3) is 3.70. The molecule has 0 atom stereocenters. The van der Waals surface area contributed by atoms with E-state index in [1.165, 1.54) is 38.5 Å². The molecule has 0 bridgehead atoms. The maximum absolute atomic E-state index is 12.0. The Kier molecular flexibility index (Phi) is 4.37. The van der Waals surface area contributed by atoms with Gasteiger partial charge in [0, 0.05) is 12.6 Å². The van der Waals surface area contributed by atoms with Crippen LogP contribution < -0.4 is 5.32 Å². The molecule has 0 unspecified atom stereocenters. The van der Waals surface area contributed by atoms with Crippen molar-refractivity contribution in [2.45, 2.75) is 70.1 Å². The van der Waals surface area contributed by atoms with Crippen molar-refractivity contribution in [2.24, 2.45) is 5.41 Å². The fourth-order valence-electron chi connectivity index (χ4n) is 2.88. The van der Waals surface area contributed by atoms with Crippen molar-refractivity contribution in [1.29, 1.82) is 0 Å². The number of hydrogen-bond acceptors (Lipinski definition) is 3. The summed E-state index contributed by atoms with van der Waals surface area (Å²) in [6, 6.07) is 0.726. The summed E-state index contributed by atoms with van der Waals surface area (Å²) in [5, 5.41) is 3.38. The van der Waals surface area contributed by atoms with Gasteiger partial charge in [-0.05, 0) is 51.4 Å². The topological polar surface area (TPSA) is 46.2 Å². The Morgan fingerprint density at radius 1 is 1.22 bits per heavy atom. The summed E-state index contributed by atoms with van der Waals surface area (Å²) in [6.07, 6.45) is 8.43. The van der Waals surface area contributed by atoms with E-state index in [9.17, 15) is 8.42 Å². The van der Waals surface area contributed by atoms with Crippen LogP contribution >= 0.6 is 0 Å². The molecule has 106 valence electrons. The lowest BCUT2D eigenvalue weighted by atomic mass is 9.83. The van der Waals surface area contributed by atoms with Crippen molar-refractivity contribution >= 4 is 9.84 Å². The zero-order valence-electron chi connectivity index (χ0n) is 11.7. The SMILES string of the molecule is CC(C)S(=O)(=O)CCC1(CNC2CC2)CCCC1. The van der Waals surface area contributed by atoms with Crippen LogP contribution in [0.25, 0.3) is 0 Å². The van der Waals surface area contributed by atoms with Gasteiger partial charge in [-0.25, -0.2) is 8.42 Å². The molecule has 0 spiro atoms. The van der Waals surface area contributed by atoms with E-state index in [0.717, 1.165) is 19.0 Å². The van der Waals surface area contributed by atoms with E-state index in [-0.39, 0.29) is 10.7 Å². The molecule has 0 heterocycles. The van der Waals surface area contributed by atoms with E-state index in [1.54, 1.807) is 13.8 Å². The van der Waals surface area contributed by atoms with E-state index in [0.29, 0.717) is 5.75 Å². The molecule has 2 aliphatic rings. The zero-order chi connectivity index (χ0) is 13.2. The molecule has 3 nitrogen and oxygen atoms in total. The summed E-state index contributed by atoms with van der Waals surface area (Å²) in [4.78, 5) is 0. The Morgan fingerprint density at radius 3 is 2.33 bits per heavy atom. The molecular formula is C14H27NO2S. The van der Waals surface area contributed by atoms with Gasteiger partial charge in [-0.2, -0.15) is 0 Å². The first kappa shape index (κ1) is 14.3. The van der Waals surface area contributed by atoms with E-state index < -0.39 is 9.84 Å². The lowest BCUT2D eigenvalue weighted by Gasteiger charge is -2.29. The first-order valence-electron chi connectivity index (χ1n) is 7.39. The van der Waals surface area contributed by atoms with Gasteiger partial charge in [0.15, 0.2) is 9.84 Å². The van der Waals surface area contributed by atoms with Crippen molar-refractivity contribution in [1.82, 2.24) is 5.32 Å². The number of nitrogens with one attached hydrogen (secondary N) is 1. The average molecular weight is 273 g/mol. The minimum atomic E-state index is -2.87. The average Bonchev–Trinajstić information content (AvgIpc) is 3.03. The highest BCUT2D eigenvalue weighted by atomic mass is 32.2. The summed E-state index contributed by atoms with van der Waals surface area (Å²) in [6.45, 7) is 4.61. The van der Waals surface area contributed by atoms with Crippen LogP contribution in [0.3, 0.4) is 0 Å². The second-order valence-electron chi connectivity index (χ2n) is 6.53. The lowest BCUT2D eigenvalue weighted by molar-refractivity contribution is 0.268. The highest BCUT2D eigenvalue weighted by Gasteiger charge is 2.36. The Bertz CT molecular complexity index is 365. The van der Waals surface area contributed by atoms with Crippen LogP contribution in [0.2, 0.25) is 0 Å². The normalized spacial score (nSPS) is 23.7. The van der Waals surface area contributed by atoms with E-state index >= 15 is 0 Å². The molecule has 2 rings (SSSR count). The van der Waals surface area contributed by atoms with Crippen molar-refractivity contribution < 1.29 is 8.42 Å². The molecule has 18 heavy (non-hydrogen) atoms. The van der Waals surface area contributed by atoms with Crippen molar-refractivity contribution in [3.63, 3.8) is 0 Å². The second-order valence-corrected chi connectivity index (χ2v) is 9.20. The largest absolute Gasteiger partial charge is 0.313 e. The van der Waals surface area contributed by atoms with Gasteiger partial charge in [0.2, 0.25) is 0 Å². The predicted molar refractivity (Wildman–Crippen MR) is 75.5 cm³/mol. The summed E-state index contributed by atoms with van der Waals surface area (Å²) in [5.41, 5.74) is 0.268. The molecule has 0 saturated heterocycles. The van der Waals surface area contributed by atoms with Gasteiger partial charge in [0.05, 0.1) is 11.0 Å². The minimum Gasteiger partial charge on any atom is -0.313 e. The summed E-state index contributed by atoms with van der Waals surface area (Å²) in [7, 11) is -2.87. The highest BCUT2D eigenvalue weighted by Crippen LogP contribution is 2.41. The fraction of sp³-hybridized carbons (Fsp3) is 1.00. The second kappa shape index (κ2) is 5.49. The summed E-state index contributed by atoms with van der Waals surface area (Å²) in [5.74, 6) is 0.372. The standard InChI is InChI=1S/C14H27NO2S/c1-12(2)18(16,17)10-9-14(7-3-4-8-14)11-15-13-5-6-13/h12-13,15H,3-11H2,1-2H3. The van der Waals surface area contributed by atoms with Gasteiger partial charge in [-0.1, -0.05) is 12.8 Å². The van der Waals surface area contributed by atoms with Gasteiger partial charge < -0.3 is 5.32 Å². The maximum atomic E-state index is 12.0. The molecule has 0 aliphatic heterocycles. The smallest absolute Gasteiger partial charge is 0.152 e. The van der Waals surface area contributed by atoms with Crippen LogP contribution in [-0.4, -0.2) is 32.0 Å². The summed E-state index contributed by atoms with van der Waals surface area (Å²) < 4.78 is 23.9. The van der Waals surface area contributed by atoms with Crippen LogP contribution in [0.1, 0.15) is 58.8 Å². The van der Waals surface area contributed by atoms with E-state index in [4.69, 9.17) is 0 Å². The van der Waals surface area contributed by atoms with Crippen molar-refractivity contribution in [3.05, 3.63) is 0 Å². The van der Waals surface area contributed by atoms with Gasteiger partial charge in [0.25, 0.3) is 0 Å². The third-order valence-corrected chi connectivity index (χ3v) is 6.85. The van der Waals surface area contributed by atoms with Gasteiger partial charge in [-0.3, -0.25) is 0 Å². The molecule has 1 N–H and O–H groups in total. The Morgan fingerprint density at radius 2 is 1.83 bits per heavy atom. The molecule has 0 aromatic heterocycles. The van der Waals surface area contributed by atoms with E-state index in [1.807, 2.05) is 0 Å². The molecule has 2 fully saturated rings. The molecule has 0 aromatic carbocycles. The van der Waals surface area contributed by atoms with Crippen LogP contribution in [0.15, 0.2) is 0 Å². The molecule has 0 amide bonds. The first-order valence-corrected chi connectivity index (χ1v) is 9.10. The minimum absolute atomic E-state index is 0.229. The Labute approximate surface area is 112 Å². The first-order chi connectivity index (χ1) is 8.44. The quantitative estimate of drug-likeness (QED) is 0.775. The number of rotatable bonds is 7.